The van der Waals surface area contributed by atoms with Gasteiger partial charge in [-0.05, 0) is 72.1 Å². The second-order valence-corrected chi connectivity index (χ2v) is 7.70. The molecule has 0 amide bonds. The lowest BCUT2D eigenvalue weighted by Gasteiger charge is -2.47. The molecule has 2 atom stereocenters. The molecule has 23 heavy (non-hydrogen) atoms. The Bertz CT molecular complexity index is 669. The molecule has 2 nitrogen and oxygen atoms in total. The van der Waals surface area contributed by atoms with Gasteiger partial charge in [-0.15, -0.1) is 0 Å². The molecule has 3 rings (SSSR count). The van der Waals surface area contributed by atoms with Crippen molar-refractivity contribution >= 4 is 6.29 Å². The Kier molecular flexibility index (Phi) is 4.12. The first-order valence-electron chi connectivity index (χ1n) is 8.79. The van der Waals surface area contributed by atoms with Gasteiger partial charge in [-0.2, -0.15) is 0 Å². The molecule has 0 N–H and O–H groups in total. The van der Waals surface area contributed by atoms with Gasteiger partial charge >= 0.3 is 0 Å². The molecule has 0 saturated heterocycles. The van der Waals surface area contributed by atoms with Crippen LogP contribution >= 0.6 is 0 Å². The van der Waals surface area contributed by atoms with E-state index in [-0.39, 0.29) is 5.41 Å². The van der Waals surface area contributed by atoms with Crippen molar-refractivity contribution in [1.82, 2.24) is 0 Å². The van der Waals surface area contributed by atoms with Crippen LogP contribution < -0.4 is 4.74 Å². The molecular weight excluding hydrogens is 284 g/mol. The van der Waals surface area contributed by atoms with Gasteiger partial charge in [-0.1, -0.05) is 38.5 Å². The molecule has 0 aromatic heterocycles. The van der Waals surface area contributed by atoms with Crippen LogP contribution in [-0.2, 0) is 16.6 Å². The van der Waals surface area contributed by atoms with Gasteiger partial charge in [0, 0.05) is 0 Å². The molecular formula is C21H28O2. The predicted molar refractivity (Wildman–Crippen MR) is 94.2 cm³/mol. The topological polar surface area (TPSA) is 26.3 Å². The van der Waals surface area contributed by atoms with Crippen LogP contribution in [-0.4, -0.2) is 13.4 Å². The zero-order valence-electron chi connectivity index (χ0n) is 15.0. The minimum Gasteiger partial charge on any atom is -0.496 e. The monoisotopic (exact) mass is 312 g/mol. The minimum absolute atomic E-state index is 0.132. The summed E-state index contributed by atoms with van der Waals surface area (Å²) in [6, 6.07) is 4.59. The van der Waals surface area contributed by atoms with E-state index in [0.29, 0.717) is 11.8 Å². The van der Waals surface area contributed by atoms with E-state index in [0.717, 1.165) is 43.3 Å². The largest absolute Gasteiger partial charge is 0.496 e. The van der Waals surface area contributed by atoms with Crippen LogP contribution in [0.4, 0.5) is 0 Å². The Morgan fingerprint density at radius 2 is 2.04 bits per heavy atom. The third-order valence-corrected chi connectivity index (χ3v) is 6.27. The van der Waals surface area contributed by atoms with Gasteiger partial charge in [0.2, 0.25) is 0 Å². The standard InChI is InChI=1S/C21H28O2/c1-13(2)16-6-9-19-17(20(16)23-5)7-8-18-14(3)15(12-22)10-11-21(18,19)4/h6,9,12-13,18H,7-8,10-11H2,1-5H3/t18-,21-/m1/s1. The third kappa shape index (κ3) is 2.34. The number of methoxy groups -OCH3 is 1. The van der Waals surface area contributed by atoms with Crippen molar-refractivity contribution in [3.05, 3.63) is 40.0 Å². The zero-order chi connectivity index (χ0) is 16.8. The molecule has 0 radical (unpaired) electrons. The fourth-order valence-electron chi connectivity index (χ4n) is 4.89. The van der Waals surface area contributed by atoms with Gasteiger partial charge in [-0.3, -0.25) is 4.79 Å². The summed E-state index contributed by atoms with van der Waals surface area (Å²) in [7, 11) is 1.80. The summed E-state index contributed by atoms with van der Waals surface area (Å²) in [4.78, 5) is 11.3. The van der Waals surface area contributed by atoms with Crippen molar-refractivity contribution in [2.45, 2.75) is 64.7 Å². The quantitative estimate of drug-likeness (QED) is 0.738. The fraction of sp³-hybridized carbons (Fsp3) is 0.571. The molecule has 0 spiro atoms. The van der Waals surface area contributed by atoms with Crippen LogP contribution in [0.25, 0.3) is 0 Å². The highest BCUT2D eigenvalue weighted by atomic mass is 16.5. The van der Waals surface area contributed by atoms with Crippen molar-refractivity contribution in [2.75, 3.05) is 7.11 Å². The number of fused-ring (bicyclic) bond motifs is 3. The van der Waals surface area contributed by atoms with E-state index in [1.165, 1.54) is 22.3 Å². The summed E-state index contributed by atoms with van der Waals surface area (Å²) in [5, 5.41) is 0. The van der Waals surface area contributed by atoms with Crippen molar-refractivity contribution in [1.29, 1.82) is 0 Å². The van der Waals surface area contributed by atoms with Gasteiger partial charge in [0.25, 0.3) is 0 Å². The highest BCUT2D eigenvalue weighted by Gasteiger charge is 2.45. The van der Waals surface area contributed by atoms with E-state index in [1.807, 2.05) is 0 Å². The fourth-order valence-corrected chi connectivity index (χ4v) is 4.89. The van der Waals surface area contributed by atoms with Gasteiger partial charge in [0.15, 0.2) is 0 Å². The van der Waals surface area contributed by atoms with Crippen molar-refractivity contribution in [3.63, 3.8) is 0 Å². The van der Waals surface area contributed by atoms with Gasteiger partial charge < -0.3 is 4.74 Å². The highest BCUT2D eigenvalue weighted by Crippen LogP contribution is 2.53. The number of aldehydes is 1. The zero-order valence-corrected chi connectivity index (χ0v) is 15.0. The van der Waals surface area contributed by atoms with E-state index in [2.05, 4.69) is 39.8 Å². The first-order chi connectivity index (χ1) is 10.9. The average Bonchev–Trinajstić information content (AvgIpc) is 2.53. The Balaban J connectivity index is 2.16. The number of benzene rings is 1. The average molecular weight is 312 g/mol. The van der Waals surface area contributed by atoms with Crippen molar-refractivity contribution in [3.8, 4) is 5.75 Å². The lowest BCUT2D eigenvalue weighted by molar-refractivity contribution is -0.105. The van der Waals surface area contributed by atoms with E-state index in [4.69, 9.17) is 4.74 Å². The molecule has 0 saturated carbocycles. The first kappa shape index (κ1) is 16.3. The number of rotatable bonds is 3. The van der Waals surface area contributed by atoms with E-state index >= 15 is 0 Å². The van der Waals surface area contributed by atoms with E-state index < -0.39 is 0 Å². The van der Waals surface area contributed by atoms with Crippen molar-refractivity contribution in [2.24, 2.45) is 5.92 Å². The number of ether oxygens (including phenoxy) is 1. The van der Waals surface area contributed by atoms with Crippen LogP contribution in [0.15, 0.2) is 23.3 Å². The smallest absolute Gasteiger partial charge is 0.145 e. The minimum atomic E-state index is 0.132. The predicted octanol–water partition coefficient (Wildman–Crippen LogP) is 4.95. The maximum absolute atomic E-state index is 11.3. The SMILES string of the molecule is COc1c(C(C)C)ccc2c1CC[C@@H]1C(C)=C(C=O)CC[C@@]21C. The third-order valence-electron chi connectivity index (χ3n) is 6.27. The molecule has 2 aliphatic rings. The molecule has 0 bridgehead atoms. The maximum atomic E-state index is 11.3. The molecule has 0 aliphatic heterocycles. The second-order valence-electron chi connectivity index (χ2n) is 7.70. The lowest BCUT2D eigenvalue weighted by Crippen LogP contribution is -2.40. The first-order valence-corrected chi connectivity index (χ1v) is 8.79. The number of allylic oxidation sites excluding steroid dienone is 2. The molecule has 1 aromatic rings. The number of carbonyl (C=O) groups excluding carboxylic acids is 1. The van der Waals surface area contributed by atoms with Crippen LogP contribution in [0.1, 0.15) is 69.6 Å². The number of hydrogen-bond donors (Lipinski definition) is 0. The van der Waals surface area contributed by atoms with Crippen LogP contribution in [0.3, 0.4) is 0 Å². The maximum Gasteiger partial charge on any atom is 0.145 e. The van der Waals surface area contributed by atoms with Crippen molar-refractivity contribution < 1.29 is 9.53 Å². The summed E-state index contributed by atoms with van der Waals surface area (Å²) in [6.07, 6.45) is 5.19. The summed E-state index contributed by atoms with van der Waals surface area (Å²) in [5.41, 5.74) is 6.63. The van der Waals surface area contributed by atoms with Gasteiger partial charge in [-0.25, -0.2) is 0 Å². The van der Waals surface area contributed by atoms with Gasteiger partial charge in [0.05, 0.1) is 7.11 Å². The Hall–Kier alpha value is -1.57. The van der Waals surface area contributed by atoms with Crippen LogP contribution in [0.2, 0.25) is 0 Å². The summed E-state index contributed by atoms with van der Waals surface area (Å²) in [6.45, 7) is 8.99. The molecule has 2 heteroatoms. The molecule has 0 fully saturated rings. The van der Waals surface area contributed by atoms with Crippen LogP contribution in [0.5, 0.6) is 5.75 Å². The molecule has 1 aromatic carbocycles. The molecule has 124 valence electrons. The summed E-state index contributed by atoms with van der Waals surface area (Å²) >= 11 is 0. The Morgan fingerprint density at radius 3 is 2.65 bits per heavy atom. The summed E-state index contributed by atoms with van der Waals surface area (Å²) < 4.78 is 5.83. The summed E-state index contributed by atoms with van der Waals surface area (Å²) in [5.74, 6) is 2.05. The number of hydrogen-bond acceptors (Lipinski definition) is 2. The molecule has 0 heterocycles. The van der Waals surface area contributed by atoms with E-state index in [9.17, 15) is 4.79 Å². The van der Waals surface area contributed by atoms with Gasteiger partial charge in [0.1, 0.15) is 12.0 Å². The lowest BCUT2D eigenvalue weighted by atomic mass is 9.56. The highest BCUT2D eigenvalue weighted by molar-refractivity contribution is 5.75. The van der Waals surface area contributed by atoms with E-state index in [1.54, 1.807) is 7.11 Å². The Labute approximate surface area is 139 Å². The van der Waals surface area contributed by atoms with Crippen LogP contribution in [0, 0.1) is 5.92 Å². The number of carbonyl (C=O) groups is 1. The second kappa shape index (κ2) is 5.81. The molecule has 0 unspecified atom stereocenters. The molecule has 2 aliphatic carbocycles. The Morgan fingerprint density at radius 1 is 1.30 bits per heavy atom. The normalized spacial score (nSPS) is 26.8.